The minimum atomic E-state index is -0.394. The van der Waals surface area contributed by atoms with Crippen molar-refractivity contribution in [2.24, 2.45) is 17.6 Å². The first-order chi connectivity index (χ1) is 7.56. The minimum absolute atomic E-state index is 0.0336. The predicted molar refractivity (Wildman–Crippen MR) is 64.0 cm³/mol. The topological polar surface area (TPSA) is 64.4 Å². The van der Waals surface area contributed by atoms with Crippen molar-refractivity contribution in [1.82, 2.24) is 5.32 Å². The van der Waals surface area contributed by atoms with Gasteiger partial charge in [0, 0.05) is 18.6 Å². The van der Waals surface area contributed by atoms with Crippen LogP contribution in [0.25, 0.3) is 0 Å². The van der Waals surface area contributed by atoms with Gasteiger partial charge in [0.25, 0.3) is 0 Å². The zero-order chi connectivity index (χ0) is 12.1. The number of ether oxygens (including phenoxy) is 1. The lowest BCUT2D eigenvalue weighted by molar-refractivity contribution is -0.124. The average Bonchev–Trinajstić information content (AvgIpc) is 2.80. The van der Waals surface area contributed by atoms with Crippen molar-refractivity contribution in [2.75, 3.05) is 13.2 Å². The van der Waals surface area contributed by atoms with E-state index in [1.807, 2.05) is 20.8 Å². The summed E-state index contributed by atoms with van der Waals surface area (Å²) in [5.41, 5.74) is 5.87. The lowest BCUT2D eigenvalue weighted by Gasteiger charge is -2.23. The second kappa shape index (κ2) is 6.21. The van der Waals surface area contributed by atoms with Crippen LogP contribution in [0.1, 0.15) is 33.6 Å². The highest BCUT2D eigenvalue weighted by molar-refractivity contribution is 5.82. The zero-order valence-corrected chi connectivity index (χ0v) is 10.5. The number of carbonyl (C=O) groups is 1. The van der Waals surface area contributed by atoms with Gasteiger partial charge >= 0.3 is 0 Å². The summed E-state index contributed by atoms with van der Waals surface area (Å²) in [6.07, 6.45) is 1.95. The Hall–Kier alpha value is -0.610. The number of hydrogen-bond donors (Lipinski definition) is 2. The first kappa shape index (κ1) is 13.5. The fourth-order valence-electron chi connectivity index (χ4n) is 1.90. The third kappa shape index (κ3) is 3.46. The van der Waals surface area contributed by atoms with E-state index >= 15 is 0 Å². The molecular weight excluding hydrogens is 204 g/mol. The van der Waals surface area contributed by atoms with Crippen molar-refractivity contribution in [1.29, 1.82) is 0 Å². The molecule has 4 heteroatoms. The molecule has 1 saturated heterocycles. The van der Waals surface area contributed by atoms with E-state index < -0.39 is 6.04 Å². The van der Waals surface area contributed by atoms with E-state index in [4.69, 9.17) is 10.5 Å². The van der Waals surface area contributed by atoms with Crippen molar-refractivity contribution in [3.8, 4) is 0 Å². The van der Waals surface area contributed by atoms with Gasteiger partial charge in [0.15, 0.2) is 0 Å². The molecule has 3 N–H and O–H groups in total. The maximum absolute atomic E-state index is 11.8. The lowest BCUT2D eigenvalue weighted by Crippen LogP contribution is -2.49. The zero-order valence-electron chi connectivity index (χ0n) is 10.5. The van der Waals surface area contributed by atoms with E-state index in [1.165, 1.54) is 0 Å². The van der Waals surface area contributed by atoms with Crippen molar-refractivity contribution in [2.45, 2.75) is 45.7 Å². The van der Waals surface area contributed by atoms with Crippen molar-refractivity contribution in [3.63, 3.8) is 0 Å². The molecule has 0 aromatic rings. The quantitative estimate of drug-likeness (QED) is 0.735. The van der Waals surface area contributed by atoms with Gasteiger partial charge in [0.2, 0.25) is 5.91 Å². The van der Waals surface area contributed by atoms with Gasteiger partial charge in [-0.3, -0.25) is 4.79 Å². The molecule has 4 unspecified atom stereocenters. The van der Waals surface area contributed by atoms with Gasteiger partial charge in [-0.1, -0.05) is 20.3 Å². The SMILES string of the molecule is CCC(C)C(N)C(=O)NC(C)C1CCOC1. The molecule has 1 fully saturated rings. The third-order valence-electron chi connectivity index (χ3n) is 3.60. The summed E-state index contributed by atoms with van der Waals surface area (Å²) in [7, 11) is 0. The number of carbonyl (C=O) groups excluding carboxylic acids is 1. The molecule has 0 spiro atoms. The van der Waals surface area contributed by atoms with Crippen LogP contribution in [0.5, 0.6) is 0 Å². The van der Waals surface area contributed by atoms with Crippen molar-refractivity contribution >= 4 is 5.91 Å². The van der Waals surface area contributed by atoms with E-state index in [-0.39, 0.29) is 17.9 Å². The molecule has 16 heavy (non-hydrogen) atoms. The van der Waals surface area contributed by atoms with Crippen LogP contribution in [-0.2, 0) is 9.53 Å². The largest absolute Gasteiger partial charge is 0.381 e. The summed E-state index contributed by atoms with van der Waals surface area (Å²) in [4.78, 5) is 11.8. The average molecular weight is 228 g/mol. The number of hydrogen-bond acceptors (Lipinski definition) is 3. The molecular formula is C12H24N2O2. The molecule has 1 aliphatic heterocycles. The first-order valence-corrected chi connectivity index (χ1v) is 6.20. The minimum Gasteiger partial charge on any atom is -0.381 e. The highest BCUT2D eigenvalue weighted by atomic mass is 16.5. The molecule has 1 heterocycles. The number of nitrogens with one attached hydrogen (secondary N) is 1. The van der Waals surface area contributed by atoms with Crippen LogP contribution in [0.3, 0.4) is 0 Å². The van der Waals surface area contributed by atoms with Crippen LogP contribution in [0, 0.1) is 11.8 Å². The van der Waals surface area contributed by atoms with E-state index in [0.29, 0.717) is 5.92 Å². The summed E-state index contributed by atoms with van der Waals surface area (Å²) in [6.45, 7) is 7.64. The Morgan fingerprint density at radius 2 is 2.25 bits per heavy atom. The summed E-state index contributed by atoms with van der Waals surface area (Å²) in [6, 6.07) is -0.236. The molecule has 1 aliphatic rings. The van der Waals surface area contributed by atoms with Gasteiger partial charge in [-0.05, 0) is 19.3 Å². The molecule has 0 bridgehead atoms. The molecule has 4 atom stereocenters. The van der Waals surface area contributed by atoms with Crippen LogP contribution < -0.4 is 11.1 Å². The standard InChI is InChI=1S/C12H24N2O2/c1-4-8(2)11(13)12(15)14-9(3)10-5-6-16-7-10/h8-11H,4-7,13H2,1-3H3,(H,14,15). The van der Waals surface area contributed by atoms with Gasteiger partial charge in [0.05, 0.1) is 12.6 Å². The Balaban J connectivity index is 2.37. The third-order valence-corrected chi connectivity index (χ3v) is 3.60. The Bertz CT molecular complexity index is 227. The maximum atomic E-state index is 11.8. The van der Waals surface area contributed by atoms with E-state index in [1.54, 1.807) is 0 Å². The predicted octanol–water partition coefficient (Wildman–Crippen LogP) is 0.901. The second-order valence-electron chi connectivity index (χ2n) is 4.83. The summed E-state index contributed by atoms with van der Waals surface area (Å²) >= 11 is 0. The van der Waals surface area contributed by atoms with Crippen molar-refractivity contribution in [3.05, 3.63) is 0 Å². The number of rotatable bonds is 5. The molecule has 0 aromatic heterocycles. The van der Waals surface area contributed by atoms with Gasteiger partial charge in [-0.2, -0.15) is 0 Å². The van der Waals surface area contributed by atoms with E-state index in [2.05, 4.69) is 5.32 Å². The van der Waals surface area contributed by atoms with Gasteiger partial charge in [-0.15, -0.1) is 0 Å². The van der Waals surface area contributed by atoms with Crippen molar-refractivity contribution < 1.29 is 9.53 Å². The van der Waals surface area contributed by atoms with Crippen LogP contribution in [0.4, 0.5) is 0 Å². The molecule has 0 radical (unpaired) electrons. The summed E-state index contributed by atoms with van der Waals surface area (Å²) < 4.78 is 5.31. The van der Waals surface area contributed by atoms with Crippen LogP contribution >= 0.6 is 0 Å². The fourth-order valence-corrected chi connectivity index (χ4v) is 1.90. The second-order valence-corrected chi connectivity index (χ2v) is 4.83. The summed E-state index contributed by atoms with van der Waals surface area (Å²) in [5.74, 6) is 0.633. The molecule has 0 saturated carbocycles. The Morgan fingerprint density at radius 1 is 1.56 bits per heavy atom. The van der Waals surface area contributed by atoms with Gasteiger partial charge in [-0.25, -0.2) is 0 Å². The van der Waals surface area contributed by atoms with Crippen LogP contribution in [-0.4, -0.2) is 31.2 Å². The van der Waals surface area contributed by atoms with Gasteiger partial charge < -0.3 is 15.8 Å². The van der Waals surface area contributed by atoms with Crippen LogP contribution in [0.15, 0.2) is 0 Å². The number of nitrogens with two attached hydrogens (primary N) is 1. The first-order valence-electron chi connectivity index (χ1n) is 6.20. The molecule has 1 amide bonds. The van der Waals surface area contributed by atoms with Gasteiger partial charge in [0.1, 0.15) is 0 Å². The molecule has 4 nitrogen and oxygen atoms in total. The summed E-state index contributed by atoms with van der Waals surface area (Å²) in [5, 5.41) is 2.99. The maximum Gasteiger partial charge on any atom is 0.237 e. The Labute approximate surface area is 97.9 Å². The highest BCUT2D eigenvalue weighted by Crippen LogP contribution is 2.16. The van der Waals surface area contributed by atoms with Crippen LogP contribution in [0.2, 0.25) is 0 Å². The normalized spacial score (nSPS) is 26.1. The smallest absolute Gasteiger partial charge is 0.237 e. The molecule has 0 aliphatic carbocycles. The fraction of sp³-hybridized carbons (Fsp3) is 0.917. The molecule has 94 valence electrons. The van der Waals surface area contributed by atoms with E-state index in [9.17, 15) is 4.79 Å². The highest BCUT2D eigenvalue weighted by Gasteiger charge is 2.26. The lowest BCUT2D eigenvalue weighted by atomic mass is 9.97. The molecule has 1 rings (SSSR count). The molecule has 0 aromatic carbocycles. The Kier molecular flexibility index (Phi) is 5.22. The Morgan fingerprint density at radius 3 is 2.75 bits per heavy atom. The van der Waals surface area contributed by atoms with E-state index in [0.717, 1.165) is 26.1 Å². The monoisotopic (exact) mass is 228 g/mol. The number of amides is 1.